The van der Waals surface area contributed by atoms with Gasteiger partial charge in [0.25, 0.3) is 5.91 Å². The Kier molecular flexibility index (Phi) is 6.32. The number of amides is 2. The van der Waals surface area contributed by atoms with Gasteiger partial charge in [0.05, 0.1) is 11.0 Å². The number of aryl methyl sites for hydroxylation is 2. The molecule has 0 bridgehead atoms. The fourth-order valence-electron chi connectivity index (χ4n) is 6.42. The largest absolute Gasteiger partial charge is 0.435 e. The molecule has 2 aliphatic carbocycles. The molecule has 1 unspecified atom stereocenters. The summed E-state index contributed by atoms with van der Waals surface area (Å²) < 4.78 is 39.9. The predicted molar refractivity (Wildman–Crippen MR) is 139 cm³/mol. The topological polar surface area (TPSA) is 71.3 Å². The van der Waals surface area contributed by atoms with Crippen molar-refractivity contribution in [1.29, 1.82) is 0 Å². The van der Waals surface area contributed by atoms with Crippen molar-refractivity contribution in [2.75, 3.05) is 20.1 Å². The van der Waals surface area contributed by atoms with E-state index in [2.05, 4.69) is 17.2 Å². The number of likely N-dealkylation sites (tertiary alicyclic amines) is 1. The van der Waals surface area contributed by atoms with Crippen molar-refractivity contribution in [2.45, 2.75) is 63.7 Å². The summed E-state index contributed by atoms with van der Waals surface area (Å²) in [5.41, 5.74) is 2.39. The van der Waals surface area contributed by atoms with E-state index in [1.54, 1.807) is 4.90 Å². The van der Waals surface area contributed by atoms with Gasteiger partial charge >= 0.3 is 6.18 Å². The van der Waals surface area contributed by atoms with E-state index in [9.17, 15) is 22.8 Å². The molecule has 2 fully saturated rings. The average Bonchev–Trinajstić information content (AvgIpc) is 3.48. The standard InChI is InChI=1S/C28H30F3N5O2S/c1-17-10-23(28(29,30)31)33-36(17)13-24(37)35-15-27(16-35)11-19(12-27)25-32-21(14-39-25)26(38)34(2)22-9-5-7-18-6-3-4-8-20(18)22/h3-4,6,8,10,14,19,22H,5,7,9,11-13,15-16H2,1-2H3. The maximum atomic E-state index is 13.3. The van der Waals surface area contributed by atoms with Gasteiger partial charge in [-0.15, -0.1) is 11.3 Å². The maximum absolute atomic E-state index is 13.3. The number of nitrogens with zero attached hydrogens (tertiary/aromatic N) is 5. The Bertz CT molecular complexity index is 1420. The molecule has 3 aromatic rings. The van der Waals surface area contributed by atoms with Crippen LogP contribution in [-0.4, -0.2) is 56.5 Å². The summed E-state index contributed by atoms with van der Waals surface area (Å²) in [5, 5.41) is 6.37. The summed E-state index contributed by atoms with van der Waals surface area (Å²) in [6, 6.07) is 9.35. The first-order chi connectivity index (χ1) is 18.5. The van der Waals surface area contributed by atoms with E-state index in [0.717, 1.165) is 47.9 Å². The molecule has 3 aliphatic rings. The SMILES string of the molecule is Cc1cc(C(F)(F)F)nn1CC(=O)N1CC2(CC(c3nc(C(=O)N(C)C4CCCc5ccccc54)cs3)C2)C1. The van der Waals surface area contributed by atoms with Crippen LogP contribution in [0.2, 0.25) is 0 Å². The molecule has 1 spiro atoms. The lowest BCUT2D eigenvalue weighted by molar-refractivity contribution is -0.152. The number of thiazole rings is 1. The highest BCUT2D eigenvalue weighted by atomic mass is 32.1. The van der Waals surface area contributed by atoms with Gasteiger partial charge in [-0.05, 0) is 56.2 Å². The first-order valence-corrected chi connectivity index (χ1v) is 14.1. The fraction of sp³-hybridized carbons (Fsp3) is 0.500. The highest BCUT2D eigenvalue weighted by Crippen LogP contribution is 2.56. The van der Waals surface area contributed by atoms with Gasteiger partial charge in [0, 0.05) is 42.5 Å². The third kappa shape index (κ3) is 4.74. The first kappa shape index (κ1) is 26.0. The van der Waals surface area contributed by atoms with Crippen molar-refractivity contribution < 1.29 is 22.8 Å². The summed E-state index contributed by atoms with van der Waals surface area (Å²) in [4.78, 5) is 34.2. The fourth-order valence-corrected chi connectivity index (χ4v) is 7.32. The minimum atomic E-state index is -4.53. The zero-order chi connectivity index (χ0) is 27.5. The number of carbonyl (C=O) groups excluding carboxylic acids is 2. The number of fused-ring (bicyclic) bond motifs is 1. The van der Waals surface area contributed by atoms with Gasteiger partial charge < -0.3 is 9.80 Å². The van der Waals surface area contributed by atoms with Crippen molar-refractivity contribution in [3.05, 3.63) is 68.9 Å². The summed E-state index contributed by atoms with van der Waals surface area (Å²) in [5.74, 6) is -0.0214. The van der Waals surface area contributed by atoms with Gasteiger partial charge in [-0.2, -0.15) is 18.3 Å². The molecule has 2 aromatic heterocycles. The second kappa shape index (κ2) is 9.46. The van der Waals surface area contributed by atoms with E-state index in [4.69, 9.17) is 4.98 Å². The summed E-state index contributed by atoms with van der Waals surface area (Å²) in [6.07, 6.45) is 0.300. The van der Waals surface area contributed by atoms with E-state index < -0.39 is 11.9 Å². The monoisotopic (exact) mass is 557 g/mol. The number of benzene rings is 1. The van der Waals surface area contributed by atoms with Crippen molar-refractivity contribution >= 4 is 23.2 Å². The molecule has 1 aromatic carbocycles. The van der Waals surface area contributed by atoms with E-state index >= 15 is 0 Å². The second-order valence-electron chi connectivity index (χ2n) is 11.3. The highest BCUT2D eigenvalue weighted by molar-refractivity contribution is 7.10. The van der Waals surface area contributed by atoms with Crippen LogP contribution >= 0.6 is 11.3 Å². The maximum Gasteiger partial charge on any atom is 0.435 e. The molecule has 1 saturated heterocycles. The van der Waals surface area contributed by atoms with Crippen LogP contribution in [-0.2, 0) is 23.9 Å². The van der Waals surface area contributed by atoms with Gasteiger partial charge in [0.1, 0.15) is 12.2 Å². The van der Waals surface area contributed by atoms with Gasteiger partial charge in [0.15, 0.2) is 5.69 Å². The van der Waals surface area contributed by atoms with E-state index in [1.165, 1.54) is 29.4 Å². The molecule has 206 valence electrons. The molecule has 6 rings (SSSR count). The van der Waals surface area contributed by atoms with Crippen LogP contribution in [0.25, 0.3) is 0 Å². The van der Waals surface area contributed by atoms with Crippen LogP contribution in [0.5, 0.6) is 0 Å². The average molecular weight is 558 g/mol. The van der Waals surface area contributed by atoms with Crippen molar-refractivity contribution in [3.8, 4) is 0 Å². The molecule has 3 heterocycles. The smallest absolute Gasteiger partial charge is 0.340 e. The number of carbonyl (C=O) groups is 2. The number of aromatic nitrogens is 3. The Morgan fingerprint density at radius 2 is 1.95 bits per heavy atom. The zero-order valence-corrected chi connectivity index (χ0v) is 22.7. The quantitative estimate of drug-likeness (QED) is 0.431. The molecule has 2 amide bonds. The molecule has 0 N–H and O–H groups in total. The Morgan fingerprint density at radius 3 is 2.67 bits per heavy atom. The first-order valence-electron chi connectivity index (χ1n) is 13.2. The van der Waals surface area contributed by atoms with Gasteiger partial charge in [-0.3, -0.25) is 14.3 Å². The number of rotatable bonds is 5. The number of halogens is 3. The molecular formula is C28H30F3N5O2S. The van der Waals surface area contributed by atoms with Crippen LogP contribution in [0.4, 0.5) is 13.2 Å². The molecule has 1 saturated carbocycles. The minimum Gasteiger partial charge on any atom is -0.340 e. The molecule has 1 aliphatic heterocycles. The second-order valence-corrected chi connectivity index (χ2v) is 12.2. The lowest BCUT2D eigenvalue weighted by Crippen LogP contribution is -2.63. The van der Waals surface area contributed by atoms with Gasteiger partial charge in [-0.1, -0.05) is 24.3 Å². The third-order valence-corrected chi connectivity index (χ3v) is 9.54. The van der Waals surface area contributed by atoms with Crippen LogP contribution < -0.4 is 0 Å². The van der Waals surface area contributed by atoms with Gasteiger partial charge in [0.2, 0.25) is 5.91 Å². The number of alkyl halides is 3. The molecule has 11 heteroatoms. The Labute approximate surface area is 228 Å². The summed E-state index contributed by atoms with van der Waals surface area (Å²) in [6.45, 7) is 2.51. The Morgan fingerprint density at radius 1 is 1.21 bits per heavy atom. The Hall–Kier alpha value is -3.21. The zero-order valence-electron chi connectivity index (χ0n) is 21.9. The normalized spacial score (nSPS) is 20.3. The summed E-state index contributed by atoms with van der Waals surface area (Å²) >= 11 is 1.52. The van der Waals surface area contributed by atoms with E-state index in [-0.39, 0.29) is 35.7 Å². The number of hydrogen-bond donors (Lipinski definition) is 0. The van der Waals surface area contributed by atoms with Gasteiger partial charge in [-0.25, -0.2) is 4.98 Å². The predicted octanol–water partition coefficient (Wildman–Crippen LogP) is 5.22. The Balaban J connectivity index is 1.02. The number of hydrogen-bond acceptors (Lipinski definition) is 5. The van der Waals surface area contributed by atoms with Crippen LogP contribution in [0.1, 0.15) is 75.7 Å². The molecule has 0 radical (unpaired) electrons. The lowest BCUT2D eigenvalue weighted by Gasteiger charge is -2.58. The summed E-state index contributed by atoms with van der Waals surface area (Å²) in [7, 11) is 1.86. The third-order valence-electron chi connectivity index (χ3n) is 8.54. The molecule has 7 nitrogen and oxygen atoms in total. The lowest BCUT2D eigenvalue weighted by atomic mass is 9.58. The minimum absolute atomic E-state index is 0.0368. The van der Waals surface area contributed by atoms with E-state index in [1.807, 2.05) is 29.5 Å². The molecular weight excluding hydrogens is 527 g/mol. The van der Waals surface area contributed by atoms with Crippen LogP contribution in [0, 0.1) is 12.3 Å². The highest BCUT2D eigenvalue weighted by Gasteiger charge is 2.54. The van der Waals surface area contributed by atoms with Crippen LogP contribution in [0.15, 0.2) is 35.7 Å². The van der Waals surface area contributed by atoms with Crippen molar-refractivity contribution in [1.82, 2.24) is 24.6 Å². The molecule has 39 heavy (non-hydrogen) atoms. The van der Waals surface area contributed by atoms with Crippen molar-refractivity contribution in [2.24, 2.45) is 5.41 Å². The van der Waals surface area contributed by atoms with Crippen LogP contribution in [0.3, 0.4) is 0 Å². The van der Waals surface area contributed by atoms with Crippen molar-refractivity contribution in [3.63, 3.8) is 0 Å². The van der Waals surface area contributed by atoms with E-state index in [0.29, 0.717) is 24.5 Å². The molecule has 1 atom stereocenters.